The maximum atomic E-state index is 4.54. The lowest BCUT2D eigenvalue weighted by Gasteiger charge is -2.35. The van der Waals surface area contributed by atoms with E-state index in [9.17, 15) is 0 Å². The van der Waals surface area contributed by atoms with Crippen molar-refractivity contribution >= 4 is 23.4 Å². The molecule has 2 aromatic heterocycles. The summed E-state index contributed by atoms with van der Waals surface area (Å²) in [6, 6.07) is 6.70. The minimum atomic E-state index is 0. The van der Waals surface area contributed by atoms with Crippen LogP contribution in [0.3, 0.4) is 0 Å². The molecule has 0 radical (unpaired) electrons. The molecule has 1 N–H and O–H groups in total. The van der Waals surface area contributed by atoms with E-state index in [1.54, 1.807) is 4.68 Å². The first kappa shape index (κ1) is 16.9. The molecule has 1 unspecified atom stereocenters. The van der Waals surface area contributed by atoms with Crippen molar-refractivity contribution in [3.63, 3.8) is 0 Å². The molecule has 0 amide bonds. The summed E-state index contributed by atoms with van der Waals surface area (Å²) < 4.78 is 3.91. The molecule has 0 aliphatic carbocycles. The predicted molar refractivity (Wildman–Crippen MR) is 95.0 cm³/mol. The van der Waals surface area contributed by atoms with E-state index in [4.69, 9.17) is 0 Å². The van der Waals surface area contributed by atoms with Gasteiger partial charge in [-0.05, 0) is 17.7 Å². The summed E-state index contributed by atoms with van der Waals surface area (Å²) in [5.74, 6) is 1.11. The number of rotatable bonds is 3. The molecule has 24 heavy (non-hydrogen) atoms. The van der Waals surface area contributed by atoms with E-state index in [2.05, 4.69) is 55.3 Å². The molecule has 1 fully saturated rings. The fraction of sp³-hybridized carbons (Fsp3) is 0.438. The number of hydrogen-bond acceptors (Lipinski definition) is 5. The van der Waals surface area contributed by atoms with Crippen LogP contribution in [-0.4, -0.2) is 49.1 Å². The van der Waals surface area contributed by atoms with E-state index in [0.29, 0.717) is 6.04 Å². The third-order valence-electron chi connectivity index (χ3n) is 4.57. The van der Waals surface area contributed by atoms with Gasteiger partial charge in [0.2, 0.25) is 0 Å². The smallest absolute Gasteiger partial charge is 0.127 e. The predicted octanol–water partition coefficient (Wildman–Crippen LogP) is 1.27. The molecular formula is C16H22ClN7. The van der Waals surface area contributed by atoms with Crippen molar-refractivity contribution in [2.24, 2.45) is 14.1 Å². The van der Waals surface area contributed by atoms with E-state index >= 15 is 0 Å². The second-order valence-electron chi connectivity index (χ2n) is 6.12. The Balaban J connectivity index is 0.00000169. The zero-order chi connectivity index (χ0) is 15.8. The van der Waals surface area contributed by atoms with E-state index in [0.717, 1.165) is 43.0 Å². The average molecular weight is 348 g/mol. The number of benzene rings is 1. The maximum Gasteiger partial charge on any atom is 0.127 e. The number of piperazine rings is 1. The molecule has 1 aliphatic heterocycles. The molecule has 128 valence electrons. The number of aromatic nitrogens is 5. The van der Waals surface area contributed by atoms with E-state index < -0.39 is 0 Å². The number of halogens is 1. The van der Waals surface area contributed by atoms with Crippen LogP contribution in [0.15, 0.2) is 30.6 Å². The van der Waals surface area contributed by atoms with Gasteiger partial charge in [0.15, 0.2) is 0 Å². The van der Waals surface area contributed by atoms with Crippen molar-refractivity contribution in [3.05, 3.63) is 42.0 Å². The highest BCUT2D eigenvalue weighted by Gasteiger charge is 2.26. The Morgan fingerprint density at radius 1 is 1.29 bits per heavy atom. The van der Waals surface area contributed by atoms with Crippen LogP contribution in [0.5, 0.6) is 0 Å². The van der Waals surface area contributed by atoms with Crippen LogP contribution in [0.1, 0.15) is 17.4 Å². The molecule has 8 heteroatoms. The van der Waals surface area contributed by atoms with Gasteiger partial charge in [0.1, 0.15) is 11.3 Å². The van der Waals surface area contributed by atoms with E-state index in [1.165, 1.54) is 5.56 Å². The molecule has 1 saturated heterocycles. The molecule has 0 bridgehead atoms. The first-order chi connectivity index (χ1) is 11.2. The second-order valence-corrected chi connectivity index (χ2v) is 6.12. The van der Waals surface area contributed by atoms with Gasteiger partial charge in [0.05, 0.1) is 11.6 Å². The molecule has 1 aliphatic rings. The van der Waals surface area contributed by atoms with Crippen LogP contribution in [0, 0.1) is 0 Å². The summed E-state index contributed by atoms with van der Waals surface area (Å²) in [5, 5.41) is 11.8. The fourth-order valence-corrected chi connectivity index (χ4v) is 3.31. The maximum absolute atomic E-state index is 4.54. The van der Waals surface area contributed by atoms with Crippen LogP contribution >= 0.6 is 12.4 Å². The van der Waals surface area contributed by atoms with Crippen LogP contribution in [0.2, 0.25) is 0 Å². The second kappa shape index (κ2) is 6.88. The van der Waals surface area contributed by atoms with Crippen LogP contribution in [0.4, 0.5) is 0 Å². The van der Waals surface area contributed by atoms with Gasteiger partial charge in [-0.1, -0.05) is 11.3 Å². The van der Waals surface area contributed by atoms with Crippen LogP contribution in [-0.2, 0) is 20.6 Å². The molecule has 7 nitrogen and oxygen atoms in total. The molecule has 1 aromatic carbocycles. The Morgan fingerprint density at radius 2 is 2.17 bits per heavy atom. The summed E-state index contributed by atoms with van der Waals surface area (Å²) in [7, 11) is 3.98. The number of nitrogens with zero attached hydrogens (tertiary/aromatic N) is 6. The van der Waals surface area contributed by atoms with Gasteiger partial charge in [-0.2, -0.15) is 0 Å². The topological polar surface area (TPSA) is 63.8 Å². The van der Waals surface area contributed by atoms with Gasteiger partial charge in [0.25, 0.3) is 0 Å². The summed E-state index contributed by atoms with van der Waals surface area (Å²) in [6.07, 6.45) is 3.88. The third-order valence-corrected chi connectivity index (χ3v) is 4.57. The largest absolute Gasteiger partial charge is 0.337 e. The highest BCUT2D eigenvalue weighted by atomic mass is 35.5. The van der Waals surface area contributed by atoms with Gasteiger partial charge in [-0.3, -0.25) is 4.90 Å². The first-order valence-corrected chi connectivity index (χ1v) is 7.92. The molecule has 3 aromatic rings. The van der Waals surface area contributed by atoms with Crippen molar-refractivity contribution in [2.45, 2.75) is 12.6 Å². The molecule has 4 rings (SSSR count). The summed E-state index contributed by atoms with van der Waals surface area (Å²) >= 11 is 0. The van der Waals surface area contributed by atoms with Gasteiger partial charge in [0, 0.05) is 52.7 Å². The highest BCUT2D eigenvalue weighted by molar-refractivity contribution is 5.85. The Bertz CT molecular complexity index is 825. The van der Waals surface area contributed by atoms with Crippen LogP contribution < -0.4 is 5.32 Å². The zero-order valence-corrected chi connectivity index (χ0v) is 14.7. The van der Waals surface area contributed by atoms with Crippen molar-refractivity contribution in [1.82, 2.24) is 34.8 Å². The van der Waals surface area contributed by atoms with Gasteiger partial charge < -0.3 is 9.88 Å². The molecule has 0 saturated carbocycles. The van der Waals surface area contributed by atoms with E-state index in [1.807, 2.05) is 19.4 Å². The van der Waals surface area contributed by atoms with E-state index in [-0.39, 0.29) is 12.4 Å². The van der Waals surface area contributed by atoms with Crippen molar-refractivity contribution in [1.29, 1.82) is 0 Å². The van der Waals surface area contributed by atoms with Gasteiger partial charge in [-0.25, -0.2) is 9.67 Å². The first-order valence-electron chi connectivity index (χ1n) is 7.92. The number of nitrogens with one attached hydrogen (secondary N) is 1. The quantitative estimate of drug-likeness (QED) is 0.773. The summed E-state index contributed by atoms with van der Waals surface area (Å²) in [5.41, 5.74) is 3.28. The number of hydrogen-bond donors (Lipinski definition) is 1. The normalized spacial score (nSPS) is 18.7. The lowest BCUT2D eigenvalue weighted by molar-refractivity contribution is 0.145. The zero-order valence-electron chi connectivity index (χ0n) is 13.9. The highest BCUT2D eigenvalue weighted by Crippen LogP contribution is 2.23. The summed E-state index contributed by atoms with van der Waals surface area (Å²) in [4.78, 5) is 7.02. The Kier molecular flexibility index (Phi) is 4.84. The standard InChI is InChI=1S/C16H21N7.ClH/c1-21-7-6-18-16(21)15-10-17-5-8-23(15)11-12-3-4-14-13(9-12)19-20-22(14)2;/h3-4,6-7,9,15,17H,5,8,10-11H2,1-2H3;1H. The summed E-state index contributed by atoms with van der Waals surface area (Å²) in [6.45, 7) is 3.84. The number of imidazole rings is 1. The van der Waals surface area contributed by atoms with Crippen molar-refractivity contribution < 1.29 is 0 Å². The molecule has 3 heterocycles. The lowest BCUT2D eigenvalue weighted by Crippen LogP contribution is -2.46. The lowest BCUT2D eigenvalue weighted by atomic mass is 10.1. The minimum Gasteiger partial charge on any atom is -0.337 e. The third kappa shape index (κ3) is 3.02. The fourth-order valence-electron chi connectivity index (χ4n) is 3.31. The Hall–Kier alpha value is -1.96. The number of aryl methyl sites for hydroxylation is 2. The minimum absolute atomic E-state index is 0. The molecular weight excluding hydrogens is 326 g/mol. The van der Waals surface area contributed by atoms with Crippen molar-refractivity contribution in [3.8, 4) is 0 Å². The Labute approximate surface area is 147 Å². The molecule has 0 spiro atoms. The van der Waals surface area contributed by atoms with Crippen molar-refractivity contribution in [2.75, 3.05) is 19.6 Å². The molecule has 1 atom stereocenters. The monoisotopic (exact) mass is 347 g/mol. The number of fused-ring (bicyclic) bond motifs is 1. The Morgan fingerprint density at radius 3 is 2.96 bits per heavy atom. The van der Waals surface area contributed by atoms with Gasteiger partial charge in [-0.15, -0.1) is 17.5 Å². The SMILES string of the molecule is Cl.Cn1ccnc1C1CNCCN1Cc1ccc2c(c1)nnn2C. The average Bonchev–Trinajstić information content (AvgIpc) is 3.14. The van der Waals surface area contributed by atoms with Crippen LogP contribution in [0.25, 0.3) is 11.0 Å². The van der Waals surface area contributed by atoms with Gasteiger partial charge >= 0.3 is 0 Å².